The van der Waals surface area contributed by atoms with E-state index in [4.69, 9.17) is 4.74 Å². The van der Waals surface area contributed by atoms with Gasteiger partial charge in [0.05, 0.1) is 14.7 Å². The van der Waals surface area contributed by atoms with Crippen LogP contribution in [0.2, 0.25) is 24.2 Å². The van der Waals surface area contributed by atoms with E-state index in [2.05, 4.69) is 20.8 Å². The van der Waals surface area contributed by atoms with Crippen LogP contribution in [0.15, 0.2) is 24.3 Å². The Morgan fingerprint density at radius 1 is 0.857 bits per heavy atom. The van der Waals surface area contributed by atoms with Crippen molar-refractivity contribution in [2.24, 2.45) is 0 Å². The monoisotopic (exact) mass is 310 g/mol. The highest BCUT2D eigenvalue weighted by atomic mass is 28.3. The fraction of sp³-hybridized carbons (Fsp3) is 0.667. The van der Waals surface area contributed by atoms with Crippen molar-refractivity contribution in [3.8, 4) is 5.75 Å². The van der Waals surface area contributed by atoms with Crippen LogP contribution in [0.25, 0.3) is 0 Å². The molecule has 3 heteroatoms. The van der Waals surface area contributed by atoms with Crippen LogP contribution in [0.5, 0.6) is 5.75 Å². The summed E-state index contributed by atoms with van der Waals surface area (Å²) in [5.74, 6) is 0.559. The predicted octanol–water partition coefficient (Wildman–Crippen LogP) is 6.27. The smallest absolute Gasteiger partial charge is 0.123 e. The molecule has 0 spiro atoms. The SMILES string of the molecule is CC[Si](CC)(CC)CCCCCCOc1ccc(F)cc1. The highest BCUT2D eigenvalue weighted by Gasteiger charge is 2.25. The Hall–Kier alpha value is -0.833. The molecule has 21 heavy (non-hydrogen) atoms. The Bertz CT molecular complexity index is 365. The molecule has 0 radical (unpaired) electrons. The summed E-state index contributed by atoms with van der Waals surface area (Å²) in [7, 11) is -0.911. The minimum absolute atomic E-state index is 0.210. The third-order valence-corrected chi connectivity index (χ3v) is 10.8. The summed E-state index contributed by atoms with van der Waals surface area (Å²) >= 11 is 0. The van der Waals surface area contributed by atoms with Crippen molar-refractivity contribution in [2.45, 2.75) is 70.6 Å². The maximum atomic E-state index is 12.7. The van der Waals surface area contributed by atoms with Crippen LogP contribution in [0.3, 0.4) is 0 Å². The van der Waals surface area contributed by atoms with E-state index in [1.807, 2.05) is 0 Å². The molecule has 0 heterocycles. The summed E-state index contributed by atoms with van der Waals surface area (Å²) < 4.78 is 18.4. The number of halogens is 1. The fourth-order valence-electron chi connectivity index (χ4n) is 2.96. The van der Waals surface area contributed by atoms with Crippen LogP contribution in [0.4, 0.5) is 4.39 Å². The first kappa shape index (κ1) is 18.2. The number of rotatable bonds is 11. The maximum Gasteiger partial charge on any atom is 0.123 e. The van der Waals surface area contributed by atoms with Gasteiger partial charge in [0.2, 0.25) is 0 Å². The van der Waals surface area contributed by atoms with Crippen LogP contribution >= 0.6 is 0 Å². The summed E-state index contributed by atoms with van der Waals surface area (Å²) in [5.41, 5.74) is 0. The van der Waals surface area contributed by atoms with Crippen molar-refractivity contribution in [2.75, 3.05) is 6.61 Å². The quantitative estimate of drug-likeness (QED) is 0.345. The van der Waals surface area contributed by atoms with Gasteiger partial charge in [-0.15, -0.1) is 0 Å². The summed E-state index contributed by atoms with van der Waals surface area (Å²) in [6, 6.07) is 12.1. The first-order chi connectivity index (χ1) is 10.2. The van der Waals surface area contributed by atoms with E-state index in [1.54, 1.807) is 12.1 Å². The minimum Gasteiger partial charge on any atom is -0.494 e. The molecule has 0 fully saturated rings. The third kappa shape index (κ3) is 6.64. The van der Waals surface area contributed by atoms with Gasteiger partial charge in [-0.3, -0.25) is 0 Å². The zero-order valence-electron chi connectivity index (χ0n) is 14.0. The van der Waals surface area contributed by atoms with E-state index < -0.39 is 8.07 Å². The second-order valence-electron chi connectivity index (χ2n) is 6.03. The highest BCUT2D eigenvalue weighted by molar-refractivity contribution is 6.79. The van der Waals surface area contributed by atoms with Gasteiger partial charge in [-0.05, 0) is 30.7 Å². The lowest BCUT2D eigenvalue weighted by molar-refractivity contribution is 0.304. The van der Waals surface area contributed by atoms with Crippen LogP contribution in [-0.2, 0) is 0 Å². The van der Waals surface area contributed by atoms with Crippen LogP contribution in [0.1, 0.15) is 46.5 Å². The molecule has 120 valence electrons. The molecule has 0 bridgehead atoms. The Morgan fingerprint density at radius 2 is 1.43 bits per heavy atom. The number of ether oxygens (including phenoxy) is 1. The van der Waals surface area contributed by atoms with E-state index in [0.717, 1.165) is 18.8 Å². The largest absolute Gasteiger partial charge is 0.494 e. The lowest BCUT2D eigenvalue weighted by Gasteiger charge is -2.28. The van der Waals surface area contributed by atoms with Gasteiger partial charge in [0.15, 0.2) is 0 Å². The first-order valence-electron chi connectivity index (χ1n) is 8.54. The number of hydrogen-bond acceptors (Lipinski definition) is 1. The molecule has 0 aliphatic rings. The molecule has 0 aromatic heterocycles. The topological polar surface area (TPSA) is 9.23 Å². The molecular formula is C18H31FOSi. The van der Waals surface area contributed by atoms with Crippen LogP contribution in [0, 0.1) is 5.82 Å². The van der Waals surface area contributed by atoms with Gasteiger partial charge in [-0.25, -0.2) is 4.39 Å². The molecule has 0 amide bonds. The first-order valence-corrected chi connectivity index (χ1v) is 11.4. The molecule has 1 nitrogen and oxygen atoms in total. The summed E-state index contributed by atoms with van der Waals surface area (Å²) in [4.78, 5) is 0. The average molecular weight is 311 g/mol. The maximum absolute atomic E-state index is 12.7. The van der Waals surface area contributed by atoms with Gasteiger partial charge in [-0.1, -0.05) is 64.2 Å². The summed E-state index contributed by atoms with van der Waals surface area (Å²) in [5, 5.41) is 0. The van der Waals surface area contributed by atoms with Crippen LogP contribution < -0.4 is 4.74 Å². The zero-order valence-corrected chi connectivity index (χ0v) is 15.0. The second-order valence-corrected chi connectivity index (χ2v) is 11.6. The second kappa shape index (κ2) is 9.99. The zero-order chi connectivity index (χ0) is 15.6. The molecule has 1 rings (SSSR count). The summed E-state index contributed by atoms with van der Waals surface area (Å²) in [6.07, 6.45) is 5.04. The molecule has 0 aliphatic carbocycles. The molecule has 1 aromatic carbocycles. The van der Waals surface area contributed by atoms with E-state index in [1.165, 1.54) is 55.6 Å². The van der Waals surface area contributed by atoms with E-state index >= 15 is 0 Å². The Kier molecular flexibility index (Phi) is 8.66. The number of hydrogen-bond donors (Lipinski definition) is 0. The van der Waals surface area contributed by atoms with Crippen molar-refractivity contribution in [1.29, 1.82) is 0 Å². The molecule has 0 unspecified atom stereocenters. The van der Waals surface area contributed by atoms with Gasteiger partial charge in [0, 0.05) is 0 Å². The highest BCUT2D eigenvalue weighted by Crippen LogP contribution is 2.27. The average Bonchev–Trinajstić information content (AvgIpc) is 2.52. The van der Waals surface area contributed by atoms with E-state index in [-0.39, 0.29) is 5.82 Å². The van der Waals surface area contributed by atoms with Gasteiger partial charge in [-0.2, -0.15) is 0 Å². The molecule has 0 saturated carbocycles. The van der Waals surface area contributed by atoms with Gasteiger partial charge < -0.3 is 4.74 Å². The molecular weight excluding hydrogens is 279 g/mol. The fourth-order valence-corrected chi connectivity index (χ4v) is 6.52. The number of unbranched alkanes of at least 4 members (excludes halogenated alkanes) is 3. The lowest BCUT2D eigenvalue weighted by atomic mass is 10.2. The predicted molar refractivity (Wildman–Crippen MR) is 92.4 cm³/mol. The van der Waals surface area contributed by atoms with E-state index in [9.17, 15) is 4.39 Å². The van der Waals surface area contributed by atoms with Crippen molar-refractivity contribution in [1.82, 2.24) is 0 Å². The van der Waals surface area contributed by atoms with Crippen LogP contribution in [-0.4, -0.2) is 14.7 Å². The number of benzene rings is 1. The minimum atomic E-state index is -0.911. The normalized spacial score (nSPS) is 11.6. The van der Waals surface area contributed by atoms with Crippen molar-refractivity contribution < 1.29 is 9.13 Å². The lowest BCUT2D eigenvalue weighted by Crippen LogP contribution is -2.30. The Balaban J connectivity index is 2.08. The van der Waals surface area contributed by atoms with Crippen molar-refractivity contribution in [3.05, 3.63) is 30.1 Å². The van der Waals surface area contributed by atoms with E-state index in [0.29, 0.717) is 0 Å². The molecule has 0 N–H and O–H groups in total. The van der Waals surface area contributed by atoms with Gasteiger partial charge >= 0.3 is 0 Å². The van der Waals surface area contributed by atoms with Gasteiger partial charge in [0.1, 0.15) is 11.6 Å². The Labute approximate surface area is 130 Å². The molecule has 0 atom stereocenters. The third-order valence-electron chi connectivity index (χ3n) is 4.93. The van der Waals surface area contributed by atoms with Gasteiger partial charge in [0.25, 0.3) is 0 Å². The molecule has 1 aromatic rings. The Morgan fingerprint density at radius 3 is 2.00 bits per heavy atom. The van der Waals surface area contributed by atoms with Crippen molar-refractivity contribution in [3.63, 3.8) is 0 Å². The van der Waals surface area contributed by atoms with Crippen molar-refractivity contribution >= 4 is 8.07 Å². The molecule has 0 aliphatic heterocycles. The standard InChI is InChI=1S/C18H31FOSi/c1-4-21(5-2,6-3)16-10-8-7-9-15-20-18-13-11-17(19)12-14-18/h11-14H,4-10,15-16H2,1-3H3. The molecule has 0 saturated heterocycles. The summed E-state index contributed by atoms with van der Waals surface area (Å²) in [6.45, 7) is 7.89.